The van der Waals surface area contributed by atoms with Gasteiger partial charge in [-0.25, -0.2) is 9.18 Å². The van der Waals surface area contributed by atoms with Gasteiger partial charge in [-0.1, -0.05) is 18.2 Å². The Bertz CT molecular complexity index is 923. The van der Waals surface area contributed by atoms with E-state index >= 15 is 0 Å². The number of halogens is 1. The Hall–Kier alpha value is -2.64. The summed E-state index contributed by atoms with van der Waals surface area (Å²) in [4.78, 5) is 17.2. The van der Waals surface area contributed by atoms with Crippen LogP contribution in [0.15, 0.2) is 48.5 Å². The Morgan fingerprint density at radius 2 is 1.82 bits per heavy atom. The third-order valence-corrected chi connectivity index (χ3v) is 6.29. The predicted molar refractivity (Wildman–Crippen MR) is 127 cm³/mol. The second kappa shape index (κ2) is 11.0. The highest BCUT2D eigenvalue weighted by molar-refractivity contribution is 5.89. The Balaban J connectivity index is 1.23. The molecule has 0 radical (unpaired) electrons. The highest BCUT2D eigenvalue weighted by atomic mass is 19.1. The van der Waals surface area contributed by atoms with Gasteiger partial charge in [-0.15, -0.1) is 0 Å². The summed E-state index contributed by atoms with van der Waals surface area (Å²) >= 11 is 0. The summed E-state index contributed by atoms with van der Waals surface area (Å²) in [6.07, 6.45) is 2.61. The van der Waals surface area contributed by atoms with Gasteiger partial charge in [-0.2, -0.15) is 0 Å². The van der Waals surface area contributed by atoms with E-state index in [4.69, 9.17) is 9.47 Å². The molecule has 2 atom stereocenters. The van der Waals surface area contributed by atoms with Gasteiger partial charge in [0.1, 0.15) is 18.2 Å². The van der Waals surface area contributed by atoms with Gasteiger partial charge in [0, 0.05) is 44.5 Å². The molecule has 2 amide bonds. The standard InChI is InChI=1S/C26H34FN3O3/c1-19-15-29(16-20(2)33-19)17-21-9-11-30(12-10-21)26(31)28-24-7-4-8-25(14-24)32-18-22-5-3-6-23(27)13-22/h3-8,13-14,19-21H,9-12,15-18H2,1-2H3,(H,28,31)/t19-,20+. The summed E-state index contributed by atoms with van der Waals surface area (Å²) in [7, 11) is 0. The van der Waals surface area contributed by atoms with Gasteiger partial charge >= 0.3 is 6.03 Å². The first kappa shape index (κ1) is 23.5. The fourth-order valence-corrected chi connectivity index (χ4v) is 4.78. The number of ether oxygens (including phenoxy) is 2. The van der Waals surface area contributed by atoms with E-state index in [0.717, 1.165) is 51.1 Å². The molecule has 0 aromatic heterocycles. The molecule has 2 fully saturated rings. The first-order chi connectivity index (χ1) is 15.9. The van der Waals surface area contributed by atoms with E-state index in [1.807, 2.05) is 29.2 Å². The minimum Gasteiger partial charge on any atom is -0.489 e. The summed E-state index contributed by atoms with van der Waals surface area (Å²) in [5.41, 5.74) is 1.45. The molecule has 0 saturated carbocycles. The largest absolute Gasteiger partial charge is 0.489 e. The molecule has 2 aliphatic heterocycles. The summed E-state index contributed by atoms with van der Waals surface area (Å²) in [6, 6.07) is 13.6. The number of benzene rings is 2. The van der Waals surface area contributed by atoms with Crippen LogP contribution in [0.1, 0.15) is 32.3 Å². The van der Waals surface area contributed by atoms with Crippen molar-refractivity contribution in [2.75, 3.05) is 38.0 Å². The molecule has 2 aliphatic rings. The Labute approximate surface area is 195 Å². The first-order valence-corrected chi connectivity index (χ1v) is 11.9. The maximum atomic E-state index is 13.3. The summed E-state index contributed by atoms with van der Waals surface area (Å²) in [6.45, 7) is 9.13. The Morgan fingerprint density at radius 3 is 2.55 bits per heavy atom. The van der Waals surface area contributed by atoms with Gasteiger partial charge in [-0.3, -0.25) is 4.90 Å². The van der Waals surface area contributed by atoms with Crippen molar-refractivity contribution in [3.63, 3.8) is 0 Å². The van der Waals surface area contributed by atoms with Gasteiger partial charge in [0.15, 0.2) is 0 Å². The minimum absolute atomic E-state index is 0.0793. The van der Waals surface area contributed by atoms with Crippen LogP contribution in [-0.4, -0.2) is 60.8 Å². The number of carbonyl (C=O) groups excluding carboxylic acids is 1. The van der Waals surface area contributed by atoms with Crippen molar-refractivity contribution in [3.8, 4) is 5.75 Å². The molecule has 0 bridgehead atoms. The number of nitrogens with zero attached hydrogens (tertiary/aromatic N) is 2. The molecule has 2 saturated heterocycles. The quantitative estimate of drug-likeness (QED) is 0.683. The SMILES string of the molecule is C[C@@H]1CN(CC2CCN(C(=O)Nc3cccc(OCc4cccc(F)c4)c3)CC2)C[C@H](C)O1. The number of carbonyl (C=O) groups is 1. The summed E-state index contributed by atoms with van der Waals surface area (Å²) < 4.78 is 24.9. The van der Waals surface area contributed by atoms with Crippen LogP contribution in [0.3, 0.4) is 0 Å². The molecule has 2 heterocycles. The van der Waals surface area contributed by atoms with Crippen molar-refractivity contribution in [2.45, 2.75) is 45.5 Å². The minimum atomic E-state index is -0.282. The molecule has 7 heteroatoms. The summed E-state index contributed by atoms with van der Waals surface area (Å²) in [5, 5.41) is 2.99. The molecule has 178 valence electrons. The topological polar surface area (TPSA) is 54.0 Å². The zero-order valence-corrected chi connectivity index (χ0v) is 19.5. The van der Waals surface area contributed by atoms with E-state index in [-0.39, 0.29) is 30.7 Å². The van der Waals surface area contributed by atoms with Crippen molar-refractivity contribution < 1.29 is 18.7 Å². The monoisotopic (exact) mass is 455 g/mol. The molecule has 0 aliphatic carbocycles. The van der Waals surface area contributed by atoms with Crippen molar-refractivity contribution in [1.29, 1.82) is 0 Å². The van der Waals surface area contributed by atoms with Crippen molar-refractivity contribution >= 4 is 11.7 Å². The van der Waals surface area contributed by atoms with Crippen LogP contribution in [-0.2, 0) is 11.3 Å². The lowest BCUT2D eigenvalue weighted by molar-refractivity contribution is -0.0728. The number of piperidine rings is 1. The molecule has 0 unspecified atom stereocenters. The smallest absolute Gasteiger partial charge is 0.321 e. The number of urea groups is 1. The fourth-order valence-electron chi connectivity index (χ4n) is 4.78. The van der Waals surface area contributed by atoms with Crippen molar-refractivity contribution in [3.05, 3.63) is 59.9 Å². The molecule has 2 aromatic rings. The van der Waals surface area contributed by atoms with Gasteiger partial charge in [-0.05, 0) is 62.4 Å². The molecular weight excluding hydrogens is 421 g/mol. The van der Waals surface area contributed by atoms with E-state index in [2.05, 4.69) is 24.1 Å². The van der Waals surface area contributed by atoms with Gasteiger partial charge in [0.2, 0.25) is 0 Å². The van der Waals surface area contributed by atoms with Crippen LogP contribution >= 0.6 is 0 Å². The normalized spacial score (nSPS) is 22.2. The van der Waals surface area contributed by atoms with Crippen LogP contribution in [0, 0.1) is 11.7 Å². The molecule has 33 heavy (non-hydrogen) atoms. The Morgan fingerprint density at radius 1 is 1.09 bits per heavy atom. The van der Waals surface area contributed by atoms with Gasteiger partial charge in [0.25, 0.3) is 0 Å². The van der Waals surface area contributed by atoms with E-state index in [1.165, 1.54) is 12.1 Å². The molecule has 0 spiro atoms. The summed E-state index contributed by atoms with van der Waals surface area (Å²) in [5.74, 6) is 0.964. The van der Waals surface area contributed by atoms with Crippen LogP contribution in [0.4, 0.5) is 14.9 Å². The number of amides is 2. The van der Waals surface area contributed by atoms with Crippen molar-refractivity contribution in [1.82, 2.24) is 9.80 Å². The zero-order chi connectivity index (χ0) is 23.2. The number of hydrogen-bond acceptors (Lipinski definition) is 4. The van der Waals surface area contributed by atoms with Crippen molar-refractivity contribution in [2.24, 2.45) is 5.92 Å². The highest BCUT2D eigenvalue weighted by Crippen LogP contribution is 2.23. The lowest BCUT2D eigenvalue weighted by Gasteiger charge is -2.39. The second-order valence-electron chi connectivity index (χ2n) is 9.28. The van der Waals surface area contributed by atoms with E-state index in [9.17, 15) is 9.18 Å². The third kappa shape index (κ3) is 6.92. The maximum Gasteiger partial charge on any atom is 0.321 e. The molecule has 2 aromatic carbocycles. The Kier molecular flexibility index (Phi) is 7.83. The number of rotatable bonds is 6. The third-order valence-electron chi connectivity index (χ3n) is 6.29. The maximum absolute atomic E-state index is 13.3. The molecule has 1 N–H and O–H groups in total. The lowest BCUT2D eigenvalue weighted by Crippen LogP contribution is -2.49. The van der Waals surface area contributed by atoms with Crippen LogP contribution < -0.4 is 10.1 Å². The lowest BCUT2D eigenvalue weighted by atomic mass is 9.96. The zero-order valence-electron chi connectivity index (χ0n) is 19.5. The second-order valence-corrected chi connectivity index (χ2v) is 9.28. The van der Waals surface area contributed by atoms with Gasteiger partial charge in [0.05, 0.1) is 12.2 Å². The highest BCUT2D eigenvalue weighted by Gasteiger charge is 2.28. The fraction of sp³-hybridized carbons (Fsp3) is 0.500. The number of nitrogens with one attached hydrogen (secondary N) is 1. The van der Waals surface area contributed by atoms with E-state index in [0.29, 0.717) is 17.4 Å². The average Bonchev–Trinajstić information content (AvgIpc) is 2.78. The number of morpholine rings is 1. The van der Waals surface area contributed by atoms with Gasteiger partial charge < -0.3 is 19.7 Å². The molecule has 6 nitrogen and oxygen atoms in total. The van der Waals surface area contributed by atoms with Crippen LogP contribution in [0.5, 0.6) is 5.75 Å². The number of hydrogen-bond donors (Lipinski definition) is 1. The number of anilines is 1. The van der Waals surface area contributed by atoms with E-state index in [1.54, 1.807) is 12.1 Å². The molecular formula is C26H34FN3O3. The van der Waals surface area contributed by atoms with E-state index < -0.39 is 0 Å². The first-order valence-electron chi connectivity index (χ1n) is 11.9. The number of likely N-dealkylation sites (tertiary alicyclic amines) is 1. The van der Waals surface area contributed by atoms with Crippen LogP contribution in [0.2, 0.25) is 0 Å². The van der Waals surface area contributed by atoms with Crippen LogP contribution in [0.25, 0.3) is 0 Å². The predicted octanol–water partition coefficient (Wildman–Crippen LogP) is 4.76. The average molecular weight is 456 g/mol. The molecule has 4 rings (SSSR count).